The number of carbonyl (C=O) groups excluding carboxylic acids is 2. The fourth-order valence-electron chi connectivity index (χ4n) is 1.71. The molecule has 0 saturated carbocycles. The molecule has 5 heteroatoms. The molecule has 1 heterocycles. The second-order valence-electron chi connectivity index (χ2n) is 3.73. The van der Waals surface area contributed by atoms with Gasteiger partial charge in [0.2, 0.25) is 11.8 Å². The molecule has 0 aliphatic carbocycles. The maximum Gasteiger partial charge on any atom is 0.220 e. The van der Waals surface area contributed by atoms with Gasteiger partial charge in [-0.3, -0.25) is 9.59 Å². The molecular formula is C9H17N3O2. The summed E-state index contributed by atoms with van der Waals surface area (Å²) in [4.78, 5) is 23.5. The summed E-state index contributed by atoms with van der Waals surface area (Å²) in [6, 6.07) is 0. The van der Waals surface area contributed by atoms with Crippen LogP contribution in [0.15, 0.2) is 0 Å². The lowest BCUT2D eigenvalue weighted by Gasteiger charge is -2.29. The van der Waals surface area contributed by atoms with Gasteiger partial charge in [-0.25, -0.2) is 0 Å². The van der Waals surface area contributed by atoms with E-state index in [0.29, 0.717) is 13.0 Å². The summed E-state index contributed by atoms with van der Waals surface area (Å²) in [7, 11) is 0. The first-order valence-corrected chi connectivity index (χ1v) is 4.89. The van der Waals surface area contributed by atoms with Gasteiger partial charge in [0.1, 0.15) is 0 Å². The number of nitrogens with zero attached hydrogens (tertiary/aromatic N) is 1. The van der Waals surface area contributed by atoms with Crippen LogP contribution in [0, 0.1) is 5.92 Å². The Labute approximate surface area is 83.4 Å². The minimum absolute atomic E-state index is 0.0137. The van der Waals surface area contributed by atoms with Crippen molar-refractivity contribution in [2.45, 2.75) is 19.3 Å². The smallest absolute Gasteiger partial charge is 0.220 e. The number of rotatable bonds is 4. The molecule has 1 saturated heterocycles. The van der Waals surface area contributed by atoms with E-state index in [0.717, 1.165) is 25.9 Å². The third kappa shape index (κ3) is 3.33. The number of likely N-dealkylation sites (tertiary alicyclic amines) is 1. The van der Waals surface area contributed by atoms with Gasteiger partial charge in [-0.15, -0.1) is 0 Å². The zero-order chi connectivity index (χ0) is 10.6. The maximum absolute atomic E-state index is 10.9. The van der Waals surface area contributed by atoms with E-state index in [9.17, 15) is 9.59 Å². The number of hydrogen-bond acceptors (Lipinski definition) is 3. The largest absolute Gasteiger partial charge is 0.370 e. The molecule has 0 unspecified atom stereocenters. The Kier molecular flexibility index (Phi) is 3.88. The van der Waals surface area contributed by atoms with Crippen LogP contribution in [0.25, 0.3) is 0 Å². The van der Waals surface area contributed by atoms with Gasteiger partial charge in [0.25, 0.3) is 0 Å². The number of piperidine rings is 1. The van der Waals surface area contributed by atoms with Crippen molar-refractivity contribution in [2.75, 3.05) is 19.6 Å². The lowest BCUT2D eigenvalue weighted by molar-refractivity contribution is -0.123. The molecule has 4 N–H and O–H groups in total. The van der Waals surface area contributed by atoms with Crippen LogP contribution in [0.1, 0.15) is 19.3 Å². The van der Waals surface area contributed by atoms with Crippen LogP contribution in [0.4, 0.5) is 0 Å². The molecule has 0 bridgehead atoms. The zero-order valence-corrected chi connectivity index (χ0v) is 8.24. The Morgan fingerprint density at radius 3 is 2.21 bits per heavy atom. The van der Waals surface area contributed by atoms with Crippen LogP contribution in [0.2, 0.25) is 0 Å². The van der Waals surface area contributed by atoms with Crippen molar-refractivity contribution in [1.29, 1.82) is 0 Å². The van der Waals surface area contributed by atoms with Crippen molar-refractivity contribution in [1.82, 2.24) is 4.90 Å². The van der Waals surface area contributed by atoms with Gasteiger partial charge in [0.05, 0.1) is 0 Å². The Morgan fingerprint density at radius 2 is 1.79 bits per heavy atom. The quantitative estimate of drug-likeness (QED) is 0.612. The van der Waals surface area contributed by atoms with E-state index in [-0.39, 0.29) is 17.7 Å². The van der Waals surface area contributed by atoms with E-state index in [1.165, 1.54) is 0 Å². The van der Waals surface area contributed by atoms with Crippen molar-refractivity contribution in [3.63, 3.8) is 0 Å². The Morgan fingerprint density at radius 1 is 1.21 bits per heavy atom. The van der Waals surface area contributed by atoms with Gasteiger partial charge < -0.3 is 16.4 Å². The first-order valence-electron chi connectivity index (χ1n) is 4.89. The lowest BCUT2D eigenvalue weighted by Crippen LogP contribution is -2.39. The molecule has 0 atom stereocenters. The van der Waals surface area contributed by atoms with Gasteiger partial charge >= 0.3 is 0 Å². The topological polar surface area (TPSA) is 89.4 Å². The first kappa shape index (κ1) is 11.0. The minimum Gasteiger partial charge on any atom is -0.370 e. The third-order valence-electron chi connectivity index (χ3n) is 2.66. The fourth-order valence-corrected chi connectivity index (χ4v) is 1.71. The Bertz CT molecular complexity index is 222. The average molecular weight is 199 g/mol. The van der Waals surface area contributed by atoms with Crippen LogP contribution in [0.3, 0.4) is 0 Å². The maximum atomic E-state index is 10.9. The molecule has 1 fully saturated rings. The highest BCUT2D eigenvalue weighted by Gasteiger charge is 2.22. The fraction of sp³-hybridized carbons (Fsp3) is 0.778. The van der Waals surface area contributed by atoms with Crippen LogP contribution in [-0.2, 0) is 9.59 Å². The SMILES string of the molecule is NC(=O)CCN1CCC(C(N)=O)CC1. The van der Waals surface area contributed by atoms with Gasteiger partial charge in [0, 0.05) is 18.9 Å². The standard InChI is InChI=1S/C9H17N3O2/c10-8(13)3-6-12-4-1-7(2-5-12)9(11)14/h7H,1-6H2,(H2,10,13)(H2,11,14). The van der Waals surface area contributed by atoms with Crippen LogP contribution < -0.4 is 11.5 Å². The van der Waals surface area contributed by atoms with Gasteiger partial charge in [-0.2, -0.15) is 0 Å². The second kappa shape index (κ2) is 4.95. The average Bonchev–Trinajstić information content (AvgIpc) is 2.15. The van der Waals surface area contributed by atoms with Gasteiger partial charge in [0.15, 0.2) is 0 Å². The number of nitrogens with two attached hydrogens (primary N) is 2. The van der Waals surface area contributed by atoms with Crippen molar-refractivity contribution < 1.29 is 9.59 Å². The van der Waals surface area contributed by atoms with E-state index in [1.807, 2.05) is 0 Å². The Balaban J connectivity index is 2.22. The van der Waals surface area contributed by atoms with E-state index < -0.39 is 0 Å². The molecule has 0 aromatic rings. The highest BCUT2D eigenvalue weighted by Crippen LogP contribution is 2.16. The zero-order valence-electron chi connectivity index (χ0n) is 8.24. The highest BCUT2D eigenvalue weighted by atomic mass is 16.1. The summed E-state index contributed by atoms with van der Waals surface area (Å²) in [5.74, 6) is -0.471. The molecule has 1 rings (SSSR count). The minimum atomic E-state index is -0.276. The molecule has 1 aliphatic rings. The molecular weight excluding hydrogens is 182 g/mol. The summed E-state index contributed by atoms with van der Waals surface area (Å²) in [5.41, 5.74) is 10.2. The second-order valence-corrected chi connectivity index (χ2v) is 3.73. The molecule has 0 aromatic heterocycles. The third-order valence-corrected chi connectivity index (χ3v) is 2.66. The lowest BCUT2D eigenvalue weighted by atomic mass is 9.96. The van der Waals surface area contributed by atoms with Gasteiger partial charge in [-0.1, -0.05) is 0 Å². The first-order chi connectivity index (χ1) is 6.59. The van der Waals surface area contributed by atoms with Crippen molar-refractivity contribution >= 4 is 11.8 Å². The molecule has 2 amide bonds. The normalized spacial score (nSPS) is 19.4. The number of amides is 2. The summed E-state index contributed by atoms with van der Waals surface area (Å²) >= 11 is 0. The molecule has 1 aliphatic heterocycles. The Hall–Kier alpha value is -1.10. The number of hydrogen-bond donors (Lipinski definition) is 2. The van der Waals surface area contributed by atoms with E-state index in [1.54, 1.807) is 0 Å². The molecule has 0 radical (unpaired) electrons. The summed E-state index contributed by atoms with van der Waals surface area (Å²) in [6.45, 7) is 2.36. The summed E-state index contributed by atoms with van der Waals surface area (Å²) in [6.07, 6.45) is 1.99. The number of carbonyl (C=O) groups is 2. The predicted octanol–water partition coefficient (Wildman–Crippen LogP) is -0.941. The summed E-state index contributed by atoms with van der Waals surface area (Å²) < 4.78 is 0. The van der Waals surface area contributed by atoms with Crippen molar-refractivity contribution in [2.24, 2.45) is 17.4 Å². The van der Waals surface area contributed by atoms with Crippen LogP contribution in [-0.4, -0.2) is 36.3 Å². The van der Waals surface area contributed by atoms with E-state index >= 15 is 0 Å². The van der Waals surface area contributed by atoms with Crippen molar-refractivity contribution in [3.8, 4) is 0 Å². The molecule has 0 spiro atoms. The molecule has 80 valence electrons. The van der Waals surface area contributed by atoms with Crippen LogP contribution in [0.5, 0.6) is 0 Å². The predicted molar refractivity (Wildman–Crippen MR) is 52.2 cm³/mol. The molecule has 5 nitrogen and oxygen atoms in total. The molecule has 14 heavy (non-hydrogen) atoms. The monoisotopic (exact) mass is 199 g/mol. The van der Waals surface area contributed by atoms with E-state index in [4.69, 9.17) is 11.5 Å². The van der Waals surface area contributed by atoms with Crippen LogP contribution >= 0.6 is 0 Å². The van der Waals surface area contributed by atoms with Crippen molar-refractivity contribution in [3.05, 3.63) is 0 Å². The van der Waals surface area contributed by atoms with E-state index in [2.05, 4.69) is 4.90 Å². The molecule has 0 aromatic carbocycles. The highest BCUT2D eigenvalue weighted by molar-refractivity contribution is 5.76. The van der Waals surface area contributed by atoms with Gasteiger partial charge in [-0.05, 0) is 25.9 Å². The summed E-state index contributed by atoms with van der Waals surface area (Å²) in [5, 5.41) is 0. The number of primary amides is 2.